The fraction of sp³-hybridized carbons (Fsp3) is 1.00. The van der Waals surface area contributed by atoms with E-state index in [2.05, 4.69) is 34.6 Å². The van der Waals surface area contributed by atoms with Gasteiger partial charge in [-0.15, -0.1) is 0 Å². The molecule has 0 aromatic heterocycles. The van der Waals surface area contributed by atoms with Crippen molar-refractivity contribution in [2.45, 2.75) is 65.1 Å². The van der Waals surface area contributed by atoms with Crippen LogP contribution in [0.25, 0.3) is 0 Å². The first kappa shape index (κ1) is 13.0. The molecule has 3 nitrogen and oxygen atoms in total. The Labute approximate surface area is 111 Å². The van der Waals surface area contributed by atoms with Gasteiger partial charge in [-0.05, 0) is 42.9 Å². The van der Waals surface area contributed by atoms with Crippen molar-refractivity contribution < 1.29 is 9.31 Å². The monoisotopic (exact) mass is 251 g/mol. The van der Waals surface area contributed by atoms with Crippen molar-refractivity contribution >= 4 is 7.12 Å². The Hall–Kier alpha value is -0.0551. The lowest BCUT2D eigenvalue weighted by Gasteiger charge is -2.64. The van der Waals surface area contributed by atoms with Crippen LogP contribution < -0.4 is 5.73 Å². The van der Waals surface area contributed by atoms with Gasteiger partial charge in [-0.25, -0.2) is 0 Å². The van der Waals surface area contributed by atoms with Gasteiger partial charge in [0.1, 0.15) is 0 Å². The highest BCUT2D eigenvalue weighted by atomic mass is 16.7. The Bertz CT molecular complexity index is 360. The molecule has 1 aliphatic heterocycles. The molecule has 18 heavy (non-hydrogen) atoms. The first-order valence-corrected chi connectivity index (χ1v) is 7.35. The van der Waals surface area contributed by atoms with Crippen molar-refractivity contribution in [3.63, 3.8) is 0 Å². The lowest BCUT2D eigenvalue weighted by atomic mass is 9.43. The van der Waals surface area contributed by atoms with Crippen molar-refractivity contribution in [3.8, 4) is 0 Å². The van der Waals surface area contributed by atoms with Gasteiger partial charge in [-0.2, -0.15) is 0 Å². The standard InChI is InChI=1S/C14H26BNO2/c1-8(2)12(16)15-17-11-7-9-6-10(13(9,3)4)14(11,5)18-15/h8-12H,6-7,16H2,1-5H3/t9-,10-,11+,12?,14-/m0/s1. The van der Waals surface area contributed by atoms with E-state index < -0.39 is 0 Å². The average molecular weight is 251 g/mol. The minimum absolute atomic E-state index is 0.0206. The molecule has 4 heteroatoms. The molecule has 3 saturated carbocycles. The van der Waals surface area contributed by atoms with Crippen LogP contribution in [0.4, 0.5) is 0 Å². The first-order valence-electron chi connectivity index (χ1n) is 7.35. The van der Waals surface area contributed by atoms with Crippen molar-refractivity contribution in [1.82, 2.24) is 0 Å². The van der Waals surface area contributed by atoms with Crippen molar-refractivity contribution in [2.24, 2.45) is 28.9 Å². The number of hydrogen-bond acceptors (Lipinski definition) is 3. The van der Waals surface area contributed by atoms with E-state index in [-0.39, 0.29) is 24.8 Å². The zero-order valence-corrected chi connectivity index (χ0v) is 12.3. The summed E-state index contributed by atoms with van der Waals surface area (Å²) in [4.78, 5) is 0. The normalized spacial score (nSPS) is 46.8. The molecule has 0 aromatic carbocycles. The van der Waals surface area contributed by atoms with Crippen LogP contribution in [0.3, 0.4) is 0 Å². The minimum atomic E-state index is -0.213. The van der Waals surface area contributed by atoms with Crippen LogP contribution in [0.5, 0.6) is 0 Å². The molecule has 1 saturated heterocycles. The molecule has 0 amide bonds. The fourth-order valence-corrected chi connectivity index (χ4v) is 4.38. The highest BCUT2D eigenvalue weighted by Crippen LogP contribution is 2.65. The molecule has 4 rings (SSSR count). The summed E-state index contributed by atoms with van der Waals surface area (Å²) in [5.74, 6) is 1.80. The zero-order chi connectivity index (χ0) is 13.3. The van der Waals surface area contributed by atoms with Crippen molar-refractivity contribution in [1.29, 1.82) is 0 Å². The van der Waals surface area contributed by atoms with E-state index in [0.717, 1.165) is 12.3 Å². The Morgan fingerprint density at radius 2 is 1.89 bits per heavy atom. The Balaban J connectivity index is 1.81. The van der Waals surface area contributed by atoms with Crippen molar-refractivity contribution in [2.75, 3.05) is 0 Å². The second kappa shape index (κ2) is 3.74. The van der Waals surface area contributed by atoms with Gasteiger partial charge >= 0.3 is 7.12 Å². The van der Waals surface area contributed by atoms with Gasteiger partial charge in [-0.1, -0.05) is 27.7 Å². The van der Waals surface area contributed by atoms with Gasteiger partial charge in [0.15, 0.2) is 0 Å². The van der Waals surface area contributed by atoms with Crippen molar-refractivity contribution in [3.05, 3.63) is 0 Å². The zero-order valence-electron chi connectivity index (χ0n) is 12.3. The molecule has 5 atom stereocenters. The molecule has 1 unspecified atom stereocenters. The maximum absolute atomic E-state index is 6.31. The van der Waals surface area contributed by atoms with Crippen LogP contribution in [0.15, 0.2) is 0 Å². The second-order valence-electron chi connectivity index (χ2n) is 7.66. The Kier molecular flexibility index (Phi) is 2.69. The van der Waals surface area contributed by atoms with Crippen LogP contribution >= 0.6 is 0 Å². The Morgan fingerprint density at radius 1 is 1.22 bits per heavy atom. The highest BCUT2D eigenvalue weighted by Gasteiger charge is 2.68. The van der Waals surface area contributed by atoms with Gasteiger partial charge in [0.25, 0.3) is 0 Å². The third kappa shape index (κ3) is 1.49. The largest absolute Gasteiger partial charge is 0.475 e. The van der Waals surface area contributed by atoms with Crippen LogP contribution in [0, 0.1) is 23.2 Å². The molecular weight excluding hydrogens is 225 g/mol. The van der Waals surface area contributed by atoms with Gasteiger partial charge in [0.05, 0.1) is 11.7 Å². The van der Waals surface area contributed by atoms with Crippen LogP contribution in [0.2, 0.25) is 0 Å². The summed E-state index contributed by atoms with van der Waals surface area (Å²) in [6, 6.07) is 0. The van der Waals surface area contributed by atoms with E-state index in [9.17, 15) is 0 Å². The third-order valence-electron chi connectivity index (χ3n) is 6.05. The smallest absolute Gasteiger partial charge is 0.404 e. The molecule has 2 bridgehead atoms. The second-order valence-corrected chi connectivity index (χ2v) is 7.66. The van der Waals surface area contributed by atoms with Gasteiger partial charge in [0.2, 0.25) is 0 Å². The molecule has 4 aliphatic rings. The number of rotatable bonds is 2. The summed E-state index contributed by atoms with van der Waals surface area (Å²) in [5.41, 5.74) is 6.50. The average Bonchev–Trinajstić information content (AvgIpc) is 2.63. The predicted octanol–water partition coefficient (Wildman–Crippen LogP) is 2.24. The predicted molar refractivity (Wildman–Crippen MR) is 72.9 cm³/mol. The topological polar surface area (TPSA) is 44.5 Å². The quantitative estimate of drug-likeness (QED) is 0.765. The van der Waals surface area contributed by atoms with Gasteiger partial charge < -0.3 is 15.0 Å². The summed E-state index contributed by atoms with van der Waals surface area (Å²) in [7, 11) is -0.213. The Morgan fingerprint density at radius 3 is 2.44 bits per heavy atom. The summed E-state index contributed by atoms with van der Waals surface area (Å²) in [6.07, 6.45) is 2.69. The minimum Gasteiger partial charge on any atom is -0.404 e. The van der Waals surface area contributed by atoms with E-state index in [4.69, 9.17) is 15.0 Å². The molecular formula is C14H26BNO2. The summed E-state index contributed by atoms with van der Waals surface area (Å²) >= 11 is 0. The molecule has 0 radical (unpaired) electrons. The van der Waals surface area contributed by atoms with E-state index in [1.54, 1.807) is 0 Å². The molecule has 0 spiro atoms. The lowest BCUT2D eigenvalue weighted by Crippen LogP contribution is -2.65. The van der Waals surface area contributed by atoms with E-state index in [1.807, 2.05) is 0 Å². The molecule has 102 valence electrons. The first-order chi connectivity index (χ1) is 8.26. The maximum Gasteiger partial charge on any atom is 0.475 e. The molecule has 1 heterocycles. The number of hydrogen-bond donors (Lipinski definition) is 1. The lowest BCUT2D eigenvalue weighted by molar-refractivity contribution is -0.199. The molecule has 4 fully saturated rings. The van der Waals surface area contributed by atoms with E-state index >= 15 is 0 Å². The van der Waals surface area contributed by atoms with E-state index in [1.165, 1.54) is 6.42 Å². The fourth-order valence-electron chi connectivity index (χ4n) is 4.38. The summed E-state index contributed by atoms with van der Waals surface area (Å²) in [5, 5.41) is 0. The van der Waals surface area contributed by atoms with Crippen LogP contribution in [-0.4, -0.2) is 24.8 Å². The molecule has 2 N–H and O–H groups in total. The molecule has 3 aliphatic carbocycles. The van der Waals surface area contributed by atoms with Crippen LogP contribution in [-0.2, 0) is 9.31 Å². The molecule has 0 aromatic rings. The third-order valence-corrected chi connectivity index (χ3v) is 6.05. The number of nitrogens with two attached hydrogens (primary N) is 1. The summed E-state index contributed by atoms with van der Waals surface area (Å²) in [6.45, 7) is 11.3. The SMILES string of the molecule is CC(C)C(N)B1O[C@@H]2C[C@@H]3C[C@@H](C3(C)C)[C@]2(C)O1. The highest BCUT2D eigenvalue weighted by molar-refractivity contribution is 6.47. The van der Waals surface area contributed by atoms with Gasteiger partial charge in [0, 0.05) is 5.94 Å². The summed E-state index contributed by atoms with van der Waals surface area (Å²) < 4.78 is 12.5. The van der Waals surface area contributed by atoms with Crippen LogP contribution in [0.1, 0.15) is 47.5 Å². The van der Waals surface area contributed by atoms with E-state index in [0.29, 0.717) is 17.3 Å². The maximum atomic E-state index is 6.31. The van der Waals surface area contributed by atoms with Gasteiger partial charge in [-0.3, -0.25) is 0 Å².